The second-order valence-corrected chi connectivity index (χ2v) is 4.31. The highest BCUT2D eigenvalue weighted by atomic mass is 16.1. The summed E-state index contributed by atoms with van der Waals surface area (Å²) in [5.41, 5.74) is 5.97. The Labute approximate surface area is 95.1 Å². The summed E-state index contributed by atoms with van der Waals surface area (Å²) in [7, 11) is 0. The van der Waals surface area contributed by atoms with Crippen molar-refractivity contribution in [1.29, 1.82) is 5.26 Å². The third kappa shape index (κ3) is 3.28. The lowest BCUT2D eigenvalue weighted by Gasteiger charge is -2.26. The molecule has 84 valence electrons. The van der Waals surface area contributed by atoms with Gasteiger partial charge in [0.2, 0.25) is 5.91 Å². The minimum Gasteiger partial charge on any atom is -0.379 e. The Hall–Kier alpha value is -2.02. The second-order valence-electron chi connectivity index (χ2n) is 4.31. The quantitative estimate of drug-likeness (QED) is 0.804. The Bertz CT molecular complexity index is 432. The predicted octanol–water partition coefficient (Wildman–Crippen LogP) is 1.62. The van der Waals surface area contributed by atoms with Crippen LogP contribution in [-0.2, 0) is 4.79 Å². The number of hydrogen-bond donors (Lipinski definition) is 2. The fourth-order valence-corrected chi connectivity index (χ4v) is 1.53. The molecule has 0 unspecified atom stereocenters. The van der Waals surface area contributed by atoms with Crippen LogP contribution in [0.3, 0.4) is 0 Å². The fourth-order valence-electron chi connectivity index (χ4n) is 1.53. The minimum absolute atomic E-state index is 0.215. The summed E-state index contributed by atoms with van der Waals surface area (Å²) in [4.78, 5) is 10.9. The normalized spacial score (nSPS) is 10.6. The topological polar surface area (TPSA) is 78.9 Å². The van der Waals surface area contributed by atoms with Crippen LogP contribution in [-0.4, -0.2) is 11.4 Å². The maximum Gasteiger partial charge on any atom is 0.219 e. The van der Waals surface area contributed by atoms with Gasteiger partial charge in [0.05, 0.1) is 11.3 Å². The molecule has 1 aromatic rings. The van der Waals surface area contributed by atoms with Gasteiger partial charge < -0.3 is 11.1 Å². The number of nitrogens with two attached hydrogens (primary N) is 1. The highest BCUT2D eigenvalue weighted by molar-refractivity contribution is 5.76. The molecule has 0 aliphatic rings. The first-order valence-electron chi connectivity index (χ1n) is 5.00. The number of hydrogen-bond acceptors (Lipinski definition) is 3. The van der Waals surface area contributed by atoms with E-state index in [2.05, 4.69) is 11.4 Å². The van der Waals surface area contributed by atoms with Crippen LogP contribution < -0.4 is 11.1 Å². The Morgan fingerprint density at radius 1 is 1.50 bits per heavy atom. The van der Waals surface area contributed by atoms with E-state index in [1.165, 1.54) is 0 Å². The van der Waals surface area contributed by atoms with E-state index >= 15 is 0 Å². The summed E-state index contributed by atoms with van der Waals surface area (Å²) in [6.45, 7) is 3.73. The van der Waals surface area contributed by atoms with Gasteiger partial charge in [-0.15, -0.1) is 0 Å². The number of rotatable bonds is 4. The van der Waals surface area contributed by atoms with Crippen LogP contribution in [0.4, 0.5) is 5.69 Å². The molecule has 1 aromatic carbocycles. The van der Waals surface area contributed by atoms with Gasteiger partial charge >= 0.3 is 0 Å². The SMILES string of the molecule is CC(C)(CC(N)=O)Nc1ccccc1C#N. The molecule has 1 amide bonds. The summed E-state index contributed by atoms with van der Waals surface area (Å²) >= 11 is 0. The van der Waals surface area contributed by atoms with Crippen molar-refractivity contribution in [2.75, 3.05) is 5.32 Å². The first-order chi connectivity index (χ1) is 7.44. The number of carbonyl (C=O) groups is 1. The number of amides is 1. The zero-order valence-electron chi connectivity index (χ0n) is 9.45. The first kappa shape index (κ1) is 12.1. The summed E-state index contributed by atoms with van der Waals surface area (Å²) in [5.74, 6) is -0.369. The third-order valence-corrected chi connectivity index (χ3v) is 2.14. The van der Waals surface area contributed by atoms with E-state index < -0.39 is 5.54 Å². The van der Waals surface area contributed by atoms with Crippen molar-refractivity contribution in [1.82, 2.24) is 0 Å². The van der Waals surface area contributed by atoms with Crippen molar-refractivity contribution in [3.63, 3.8) is 0 Å². The van der Waals surface area contributed by atoms with Gasteiger partial charge in [-0.2, -0.15) is 5.26 Å². The Balaban J connectivity index is 2.88. The number of nitriles is 1. The average Bonchev–Trinajstić information content (AvgIpc) is 2.15. The molecule has 0 aliphatic heterocycles. The fraction of sp³-hybridized carbons (Fsp3) is 0.333. The lowest BCUT2D eigenvalue weighted by atomic mass is 9.99. The Morgan fingerprint density at radius 3 is 2.69 bits per heavy atom. The van der Waals surface area contributed by atoms with Gasteiger partial charge in [-0.25, -0.2) is 0 Å². The molecule has 0 aliphatic carbocycles. The number of anilines is 1. The second kappa shape index (κ2) is 4.67. The number of carbonyl (C=O) groups excluding carboxylic acids is 1. The minimum atomic E-state index is -0.460. The van der Waals surface area contributed by atoms with Crippen LogP contribution >= 0.6 is 0 Å². The number of para-hydroxylation sites is 1. The van der Waals surface area contributed by atoms with Crippen LogP contribution in [0.5, 0.6) is 0 Å². The van der Waals surface area contributed by atoms with E-state index in [-0.39, 0.29) is 12.3 Å². The van der Waals surface area contributed by atoms with Crippen molar-refractivity contribution in [2.24, 2.45) is 5.73 Å². The lowest BCUT2D eigenvalue weighted by Crippen LogP contribution is -2.36. The molecule has 4 nitrogen and oxygen atoms in total. The van der Waals surface area contributed by atoms with Crippen molar-refractivity contribution in [2.45, 2.75) is 25.8 Å². The molecule has 0 aromatic heterocycles. The molecule has 0 fully saturated rings. The van der Waals surface area contributed by atoms with Crippen molar-refractivity contribution < 1.29 is 4.79 Å². The van der Waals surface area contributed by atoms with Crippen LogP contribution in [0.2, 0.25) is 0 Å². The average molecular weight is 217 g/mol. The number of nitrogens with one attached hydrogen (secondary N) is 1. The molecule has 3 N–H and O–H groups in total. The van der Waals surface area contributed by atoms with Gasteiger partial charge in [-0.1, -0.05) is 12.1 Å². The standard InChI is InChI=1S/C12H15N3O/c1-12(2,7-11(14)16)15-10-6-4-3-5-9(10)8-13/h3-6,15H,7H2,1-2H3,(H2,14,16). The van der Waals surface area contributed by atoms with E-state index in [0.717, 1.165) is 5.69 Å². The van der Waals surface area contributed by atoms with Gasteiger partial charge in [0.25, 0.3) is 0 Å². The zero-order valence-corrected chi connectivity index (χ0v) is 9.45. The molecular formula is C12H15N3O. The zero-order chi connectivity index (χ0) is 12.2. The monoisotopic (exact) mass is 217 g/mol. The van der Waals surface area contributed by atoms with Gasteiger partial charge in [0.15, 0.2) is 0 Å². The van der Waals surface area contributed by atoms with Crippen LogP contribution in [0, 0.1) is 11.3 Å². The van der Waals surface area contributed by atoms with Gasteiger partial charge in [0.1, 0.15) is 6.07 Å². The Kier molecular flexibility index (Phi) is 3.51. The molecule has 0 spiro atoms. The molecular weight excluding hydrogens is 202 g/mol. The van der Waals surface area contributed by atoms with Crippen molar-refractivity contribution in [3.8, 4) is 6.07 Å². The van der Waals surface area contributed by atoms with Crippen LogP contribution in [0.25, 0.3) is 0 Å². The molecule has 4 heteroatoms. The van der Waals surface area contributed by atoms with Crippen LogP contribution in [0.15, 0.2) is 24.3 Å². The molecule has 0 saturated heterocycles. The summed E-state index contributed by atoms with van der Waals surface area (Å²) in [6.07, 6.45) is 0.215. The predicted molar refractivity (Wildman–Crippen MR) is 62.7 cm³/mol. The highest BCUT2D eigenvalue weighted by Crippen LogP contribution is 2.21. The van der Waals surface area contributed by atoms with Crippen molar-refractivity contribution in [3.05, 3.63) is 29.8 Å². The smallest absolute Gasteiger partial charge is 0.219 e. The summed E-state index contributed by atoms with van der Waals surface area (Å²) in [6, 6.07) is 9.26. The summed E-state index contributed by atoms with van der Waals surface area (Å²) < 4.78 is 0. The lowest BCUT2D eigenvalue weighted by molar-refractivity contribution is -0.118. The molecule has 0 atom stereocenters. The number of nitrogens with zero attached hydrogens (tertiary/aromatic N) is 1. The molecule has 16 heavy (non-hydrogen) atoms. The third-order valence-electron chi connectivity index (χ3n) is 2.14. The van der Waals surface area contributed by atoms with E-state index in [1.807, 2.05) is 19.9 Å². The van der Waals surface area contributed by atoms with E-state index in [1.54, 1.807) is 18.2 Å². The molecule has 0 bridgehead atoms. The van der Waals surface area contributed by atoms with Gasteiger partial charge in [0, 0.05) is 12.0 Å². The van der Waals surface area contributed by atoms with E-state index in [9.17, 15) is 4.79 Å². The first-order valence-corrected chi connectivity index (χ1v) is 5.00. The van der Waals surface area contributed by atoms with E-state index in [4.69, 9.17) is 11.0 Å². The molecule has 0 radical (unpaired) electrons. The van der Waals surface area contributed by atoms with Crippen LogP contribution in [0.1, 0.15) is 25.8 Å². The van der Waals surface area contributed by atoms with Gasteiger partial charge in [-0.3, -0.25) is 4.79 Å². The van der Waals surface area contributed by atoms with Crippen molar-refractivity contribution >= 4 is 11.6 Å². The maximum atomic E-state index is 10.9. The molecule has 1 rings (SSSR count). The maximum absolute atomic E-state index is 10.9. The molecule has 0 heterocycles. The highest BCUT2D eigenvalue weighted by Gasteiger charge is 2.21. The molecule has 0 saturated carbocycles. The summed E-state index contributed by atoms with van der Waals surface area (Å²) in [5, 5.41) is 12.1. The number of primary amides is 1. The Morgan fingerprint density at radius 2 is 2.12 bits per heavy atom. The van der Waals surface area contributed by atoms with Gasteiger partial charge in [-0.05, 0) is 26.0 Å². The number of benzene rings is 1. The largest absolute Gasteiger partial charge is 0.379 e. The van der Waals surface area contributed by atoms with E-state index in [0.29, 0.717) is 5.56 Å².